The molecule has 1 aromatic carbocycles. The molecule has 1 aliphatic rings. The Labute approximate surface area is 173 Å². The number of hydrogen-bond donors (Lipinski definition) is 1. The summed E-state index contributed by atoms with van der Waals surface area (Å²) in [5.41, 5.74) is -0.379. The molecule has 29 heavy (non-hydrogen) atoms. The smallest absolute Gasteiger partial charge is 0.310 e. The summed E-state index contributed by atoms with van der Waals surface area (Å²) in [5, 5.41) is 10.6. The van der Waals surface area contributed by atoms with Crippen LogP contribution in [-0.2, 0) is 30.4 Å². The normalized spacial score (nSPS) is 25.3. The molecular weight excluding hydrogens is 372 g/mol. The lowest BCUT2D eigenvalue weighted by atomic mass is 9.76. The summed E-state index contributed by atoms with van der Waals surface area (Å²) in [6, 6.07) is 9.62. The fourth-order valence-corrected chi connectivity index (χ4v) is 3.38. The van der Waals surface area contributed by atoms with Gasteiger partial charge in [0.15, 0.2) is 0 Å². The number of esters is 2. The number of ether oxygens (including phenoxy) is 3. The van der Waals surface area contributed by atoms with Crippen molar-refractivity contribution in [3.8, 4) is 0 Å². The maximum absolute atomic E-state index is 12.9. The predicted octanol–water partition coefficient (Wildman–Crippen LogP) is 3.64. The van der Waals surface area contributed by atoms with Crippen LogP contribution in [0.5, 0.6) is 0 Å². The average Bonchev–Trinajstić information content (AvgIpc) is 2.58. The van der Waals surface area contributed by atoms with Crippen LogP contribution in [0.2, 0.25) is 0 Å². The number of aliphatic hydroxyl groups excluding tert-OH is 1. The molecule has 0 spiro atoms. The molecule has 0 aromatic heterocycles. The van der Waals surface area contributed by atoms with Gasteiger partial charge in [0.2, 0.25) is 0 Å². The molecule has 4 atom stereocenters. The standard InChI is InChI=1S/C23H34O6/c1-22(2,3)28-20(25)16-12-18(24)19(27-14-15-10-8-7-9-11-15)13-17(16)21(26)29-23(4,5)6/h7-11,16-19,24H,12-14H2,1-6H3/t16-,17-,18-,19-/m0/s1. The van der Waals surface area contributed by atoms with E-state index in [9.17, 15) is 14.7 Å². The molecule has 0 aliphatic heterocycles. The van der Waals surface area contributed by atoms with Gasteiger partial charge in [-0.05, 0) is 59.9 Å². The molecule has 1 saturated carbocycles. The number of benzene rings is 1. The van der Waals surface area contributed by atoms with Gasteiger partial charge in [0.1, 0.15) is 11.2 Å². The highest BCUT2D eigenvalue weighted by Crippen LogP contribution is 2.36. The number of hydrogen-bond acceptors (Lipinski definition) is 6. The van der Waals surface area contributed by atoms with Gasteiger partial charge in [-0.25, -0.2) is 0 Å². The van der Waals surface area contributed by atoms with Gasteiger partial charge in [-0.2, -0.15) is 0 Å². The minimum Gasteiger partial charge on any atom is -0.460 e. The highest BCUT2D eigenvalue weighted by molar-refractivity contribution is 5.83. The van der Waals surface area contributed by atoms with Crippen LogP contribution >= 0.6 is 0 Å². The summed E-state index contributed by atoms with van der Waals surface area (Å²) < 4.78 is 17.0. The van der Waals surface area contributed by atoms with Gasteiger partial charge in [0, 0.05) is 0 Å². The molecule has 0 radical (unpaired) electrons. The average molecular weight is 407 g/mol. The lowest BCUT2D eigenvalue weighted by molar-refractivity contribution is -0.184. The second kappa shape index (κ2) is 9.26. The van der Waals surface area contributed by atoms with Crippen molar-refractivity contribution >= 4 is 11.9 Å². The van der Waals surface area contributed by atoms with E-state index >= 15 is 0 Å². The van der Waals surface area contributed by atoms with Crippen molar-refractivity contribution in [2.45, 2.75) is 84.4 Å². The van der Waals surface area contributed by atoms with Crippen LogP contribution in [-0.4, -0.2) is 40.5 Å². The molecule has 2 rings (SSSR count). The maximum atomic E-state index is 12.9. The molecule has 1 aliphatic carbocycles. The Kier molecular flexibility index (Phi) is 7.46. The van der Waals surface area contributed by atoms with Crippen LogP contribution in [0.4, 0.5) is 0 Å². The first-order valence-corrected chi connectivity index (χ1v) is 10.1. The van der Waals surface area contributed by atoms with Crippen molar-refractivity contribution in [3.63, 3.8) is 0 Å². The Morgan fingerprint density at radius 2 is 1.38 bits per heavy atom. The first-order valence-electron chi connectivity index (χ1n) is 10.1. The zero-order valence-corrected chi connectivity index (χ0v) is 18.3. The van der Waals surface area contributed by atoms with E-state index in [1.165, 1.54) is 0 Å². The van der Waals surface area contributed by atoms with E-state index in [-0.39, 0.29) is 12.8 Å². The zero-order chi connectivity index (χ0) is 21.8. The van der Waals surface area contributed by atoms with Gasteiger partial charge in [-0.3, -0.25) is 9.59 Å². The van der Waals surface area contributed by atoms with Crippen molar-refractivity contribution in [1.29, 1.82) is 0 Å². The van der Waals surface area contributed by atoms with E-state index in [1.54, 1.807) is 41.5 Å². The topological polar surface area (TPSA) is 82.1 Å². The minimum absolute atomic E-state index is 0.0955. The molecule has 0 heterocycles. The molecule has 0 saturated heterocycles. The molecule has 6 nitrogen and oxygen atoms in total. The number of rotatable bonds is 5. The number of carbonyl (C=O) groups excluding carboxylic acids is 2. The molecule has 0 amide bonds. The van der Waals surface area contributed by atoms with E-state index in [2.05, 4.69) is 0 Å². The first-order chi connectivity index (χ1) is 13.4. The van der Waals surface area contributed by atoms with E-state index in [1.807, 2.05) is 30.3 Å². The van der Waals surface area contributed by atoms with Crippen LogP contribution in [0.1, 0.15) is 59.9 Å². The van der Waals surface area contributed by atoms with Gasteiger partial charge in [-0.15, -0.1) is 0 Å². The van der Waals surface area contributed by atoms with Crippen molar-refractivity contribution < 1.29 is 28.9 Å². The number of aliphatic hydroxyl groups is 1. The molecule has 1 aromatic rings. The first kappa shape index (κ1) is 23.4. The Bertz CT molecular complexity index is 686. The van der Waals surface area contributed by atoms with Gasteiger partial charge in [0.25, 0.3) is 0 Å². The molecule has 0 unspecified atom stereocenters. The Balaban J connectivity index is 2.15. The largest absolute Gasteiger partial charge is 0.460 e. The molecule has 1 N–H and O–H groups in total. The monoisotopic (exact) mass is 406 g/mol. The van der Waals surface area contributed by atoms with E-state index < -0.39 is 47.2 Å². The van der Waals surface area contributed by atoms with E-state index in [4.69, 9.17) is 14.2 Å². The summed E-state index contributed by atoms with van der Waals surface area (Å²) in [5.74, 6) is -2.45. The third kappa shape index (κ3) is 7.44. The van der Waals surface area contributed by atoms with Crippen LogP contribution in [0, 0.1) is 11.8 Å². The fourth-order valence-electron chi connectivity index (χ4n) is 3.38. The van der Waals surface area contributed by atoms with Crippen molar-refractivity contribution in [1.82, 2.24) is 0 Å². The summed E-state index contributed by atoms with van der Waals surface area (Å²) >= 11 is 0. The van der Waals surface area contributed by atoms with Gasteiger partial charge >= 0.3 is 11.9 Å². The van der Waals surface area contributed by atoms with Gasteiger partial charge in [0.05, 0.1) is 30.7 Å². The van der Waals surface area contributed by atoms with Crippen LogP contribution in [0.3, 0.4) is 0 Å². The van der Waals surface area contributed by atoms with E-state index in [0.29, 0.717) is 6.61 Å². The third-order valence-electron chi connectivity index (χ3n) is 4.62. The van der Waals surface area contributed by atoms with Crippen molar-refractivity contribution in [3.05, 3.63) is 35.9 Å². The second-order valence-electron chi connectivity index (χ2n) is 9.65. The maximum Gasteiger partial charge on any atom is 0.310 e. The van der Waals surface area contributed by atoms with Crippen LogP contribution in [0.15, 0.2) is 30.3 Å². The molecule has 1 fully saturated rings. The highest BCUT2D eigenvalue weighted by Gasteiger charge is 2.46. The van der Waals surface area contributed by atoms with Gasteiger partial charge in [-0.1, -0.05) is 30.3 Å². The summed E-state index contributed by atoms with van der Waals surface area (Å²) in [7, 11) is 0. The summed E-state index contributed by atoms with van der Waals surface area (Å²) in [4.78, 5) is 25.6. The lowest BCUT2D eigenvalue weighted by Gasteiger charge is -2.38. The lowest BCUT2D eigenvalue weighted by Crippen LogP contribution is -2.48. The summed E-state index contributed by atoms with van der Waals surface area (Å²) in [6.07, 6.45) is -1.13. The van der Waals surface area contributed by atoms with Crippen LogP contribution in [0.25, 0.3) is 0 Å². The Hall–Kier alpha value is -1.92. The third-order valence-corrected chi connectivity index (χ3v) is 4.62. The second-order valence-corrected chi connectivity index (χ2v) is 9.65. The zero-order valence-electron chi connectivity index (χ0n) is 18.3. The Morgan fingerprint density at radius 3 is 1.86 bits per heavy atom. The molecule has 6 heteroatoms. The van der Waals surface area contributed by atoms with Crippen LogP contribution < -0.4 is 0 Å². The molecule has 162 valence electrons. The minimum atomic E-state index is -0.866. The van der Waals surface area contributed by atoms with Crippen molar-refractivity contribution in [2.24, 2.45) is 11.8 Å². The Morgan fingerprint density at radius 1 is 0.897 bits per heavy atom. The quantitative estimate of drug-likeness (QED) is 0.752. The molecular formula is C23H34O6. The SMILES string of the molecule is CC(C)(C)OC(=O)[C@H]1C[C@H](OCc2ccccc2)[C@@H](O)C[C@@H]1C(=O)OC(C)(C)C. The summed E-state index contributed by atoms with van der Waals surface area (Å²) in [6.45, 7) is 11.0. The highest BCUT2D eigenvalue weighted by atomic mass is 16.6. The van der Waals surface area contributed by atoms with E-state index in [0.717, 1.165) is 5.56 Å². The van der Waals surface area contributed by atoms with Gasteiger partial charge < -0.3 is 19.3 Å². The number of carbonyl (C=O) groups is 2. The molecule has 0 bridgehead atoms. The van der Waals surface area contributed by atoms with Crippen molar-refractivity contribution in [2.75, 3.05) is 0 Å². The predicted molar refractivity (Wildman–Crippen MR) is 109 cm³/mol. The fraction of sp³-hybridized carbons (Fsp3) is 0.652.